The lowest BCUT2D eigenvalue weighted by Crippen LogP contribution is -2.30. The highest BCUT2D eigenvalue weighted by atomic mass is 19.1. The van der Waals surface area contributed by atoms with E-state index in [1.807, 2.05) is 26.8 Å². The Hall–Kier alpha value is -4.00. The van der Waals surface area contributed by atoms with Gasteiger partial charge in [0, 0.05) is 11.6 Å². The van der Waals surface area contributed by atoms with Gasteiger partial charge in [0.1, 0.15) is 23.1 Å². The minimum atomic E-state index is -1.11. The number of hydrogen-bond acceptors (Lipinski definition) is 4. The maximum atomic E-state index is 14.7. The second kappa shape index (κ2) is 9.09. The monoisotopic (exact) mass is 463 g/mol. The number of ether oxygens (including phenoxy) is 1. The van der Waals surface area contributed by atoms with Crippen LogP contribution in [0.15, 0.2) is 72.3 Å². The van der Waals surface area contributed by atoms with Crippen molar-refractivity contribution in [2.75, 3.05) is 4.90 Å². The summed E-state index contributed by atoms with van der Waals surface area (Å²) in [5.74, 6) is -3.60. The largest absolute Gasteiger partial charge is 0.507 e. The Balaban J connectivity index is 1.89. The van der Waals surface area contributed by atoms with Gasteiger partial charge in [-0.3, -0.25) is 14.5 Å². The number of aliphatic hydroxyl groups is 1. The van der Waals surface area contributed by atoms with Crippen molar-refractivity contribution in [1.29, 1.82) is 0 Å². The molecule has 3 aromatic rings. The lowest BCUT2D eigenvalue weighted by Gasteiger charge is -2.26. The fraction of sp³-hybridized carbons (Fsp3) is 0.185. The first-order valence-corrected chi connectivity index (χ1v) is 10.8. The second-order valence-corrected chi connectivity index (χ2v) is 8.37. The van der Waals surface area contributed by atoms with E-state index < -0.39 is 35.1 Å². The third kappa shape index (κ3) is 4.29. The molecule has 4 rings (SSSR count). The first-order chi connectivity index (χ1) is 16.2. The van der Waals surface area contributed by atoms with Crippen molar-refractivity contribution in [3.8, 4) is 5.75 Å². The summed E-state index contributed by atoms with van der Waals surface area (Å²) in [6, 6.07) is 15.1. The van der Waals surface area contributed by atoms with E-state index in [1.54, 1.807) is 42.5 Å². The summed E-state index contributed by atoms with van der Waals surface area (Å²) < 4.78 is 33.9. The number of aryl methyl sites for hydroxylation is 1. The van der Waals surface area contributed by atoms with E-state index >= 15 is 0 Å². The summed E-state index contributed by atoms with van der Waals surface area (Å²) in [4.78, 5) is 27.2. The minimum Gasteiger partial charge on any atom is -0.507 e. The molecule has 0 aliphatic carbocycles. The average molecular weight is 463 g/mol. The Labute approximate surface area is 195 Å². The van der Waals surface area contributed by atoms with Gasteiger partial charge in [0.25, 0.3) is 11.7 Å². The number of benzene rings is 3. The number of rotatable bonds is 5. The SMILES string of the molecule is Cc1cccc(C2/C(=C(\O)c3ccc(OC(C)C)cc3)C(=O)C(=O)N2c2ccc(F)cc2F)c1. The van der Waals surface area contributed by atoms with Crippen LogP contribution in [0.3, 0.4) is 0 Å². The van der Waals surface area contributed by atoms with Gasteiger partial charge in [-0.1, -0.05) is 29.8 Å². The summed E-state index contributed by atoms with van der Waals surface area (Å²) in [5, 5.41) is 11.1. The van der Waals surface area contributed by atoms with Gasteiger partial charge in [0.2, 0.25) is 0 Å². The summed E-state index contributed by atoms with van der Waals surface area (Å²) in [5.41, 5.74) is 1.21. The van der Waals surface area contributed by atoms with Gasteiger partial charge in [0.15, 0.2) is 0 Å². The average Bonchev–Trinajstić information content (AvgIpc) is 3.04. The zero-order chi connectivity index (χ0) is 24.6. The molecule has 0 aromatic heterocycles. The van der Waals surface area contributed by atoms with E-state index in [4.69, 9.17) is 4.74 Å². The number of hydrogen-bond donors (Lipinski definition) is 1. The van der Waals surface area contributed by atoms with Crippen molar-refractivity contribution in [3.05, 3.63) is 101 Å². The van der Waals surface area contributed by atoms with Gasteiger partial charge in [0.05, 0.1) is 23.4 Å². The summed E-state index contributed by atoms with van der Waals surface area (Å²) >= 11 is 0. The number of nitrogens with zero attached hydrogens (tertiary/aromatic N) is 1. The standard InChI is InChI=1S/C27H23F2NO4/c1-15(2)34-20-10-7-17(8-11-20)25(31)23-24(18-6-4-5-16(3)13-18)30(27(33)26(23)32)22-12-9-19(28)14-21(22)29/h4-15,24,31H,1-3H3/b25-23+. The van der Waals surface area contributed by atoms with Crippen LogP contribution >= 0.6 is 0 Å². The quantitative estimate of drug-likeness (QED) is 0.300. The number of ketones is 1. The number of Topliss-reactive ketones (excluding diaryl/α,β-unsaturated/α-hetero) is 1. The van der Waals surface area contributed by atoms with E-state index in [0.717, 1.165) is 22.6 Å². The van der Waals surface area contributed by atoms with Crippen molar-refractivity contribution in [2.24, 2.45) is 0 Å². The van der Waals surface area contributed by atoms with E-state index in [-0.39, 0.29) is 17.4 Å². The van der Waals surface area contributed by atoms with Crippen LogP contribution in [0.25, 0.3) is 5.76 Å². The molecule has 5 nitrogen and oxygen atoms in total. The molecule has 34 heavy (non-hydrogen) atoms. The molecule has 1 N–H and O–H groups in total. The van der Waals surface area contributed by atoms with Crippen molar-refractivity contribution >= 4 is 23.1 Å². The van der Waals surface area contributed by atoms with Crippen LogP contribution in [-0.4, -0.2) is 22.9 Å². The summed E-state index contributed by atoms with van der Waals surface area (Å²) in [6.45, 7) is 5.60. The van der Waals surface area contributed by atoms with E-state index in [0.29, 0.717) is 22.9 Å². The molecule has 1 atom stereocenters. The molecule has 174 valence electrons. The maximum Gasteiger partial charge on any atom is 0.300 e. The molecule has 1 amide bonds. The number of carbonyl (C=O) groups is 2. The van der Waals surface area contributed by atoms with E-state index in [9.17, 15) is 23.5 Å². The Morgan fingerprint density at radius 1 is 1.00 bits per heavy atom. The zero-order valence-electron chi connectivity index (χ0n) is 18.9. The van der Waals surface area contributed by atoms with Crippen molar-refractivity contribution < 1.29 is 28.2 Å². The number of aliphatic hydroxyl groups excluding tert-OH is 1. The molecule has 1 fully saturated rings. The van der Waals surface area contributed by atoms with Crippen LogP contribution in [0, 0.1) is 18.6 Å². The van der Waals surface area contributed by atoms with Crippen LogP contribution in [-0.2, 0) is 9.59 Å². The fourth-order valence-electron chi connectivity index (χ4n) is 4.03. The van der Waals surface area contributed by atoms with Gasteiger partial charge >= 0.3 is 0 Å². The minimum absolute atomic E-state index is 0.0447. The molecule has 1 aliphatic heterocycles. The lowest BCUT2D eigenvalue weighted by atomic mass is 9.94. The van der Waals surface area contributed by atoms with Gasteiger partial charge < -0.3 is 9.84 Å². The normalized spacial score (nSPS) is 17.5. The number of amides is 1. The molecule has 7 heteroatoms. The molecule has 3 aromatic carbocycles. The van der Waals surface area contributed by atoms with Crippen LogP contribution < -0.4 is 9.64 Å². The predicted molar refractivity (Wildman–Crippen MR) is 125 cm³/mol. The van der Waals surface area contributed by atoms with E-state index in [1.165, 1.54) is 0 Å². The molecule has 1 unspecified atom stereocenters. The van der Waals surface area contributed by atoms with Gasteiger partial charge in [-0.2, -0.15) is 0 Å². The molecule has 1 aliphatic rings. The van der Waals surface area contributed by atoms with Gasteiger partial charge in [-0.15, -0.1) is 0 Å². The Kier molecular flexibility index (Phi) is 6.20. The first kappa shape index (κ1) is 23.2. The third-order valence-electron chi connectivity index (χ3n) is 5.47. The van der Waals surface area contributed by atoms with Crippen molar-refractivity contribution in [1.82, 2.24) is 0 Å². The molecule has 0 radical (unpaired) electrons. The van der Waals surface area contributed by atoms with Crippen molar-refractivity contribution in [3.63, 3.8) is 0 Å². The van der Waals surface area contributed by atoms with Crippen LogP contribution in [0.1, 0.15) is 36.6 Å². The first-order valence-electron chi connectivity index (χ1n) is 10.8. The Morgan fingerprint density at radius 2 is 1.71 bits per heavy atom. The number of carbonyl (C=O) groups excluding carboxylic acids is 2. The van der Waals surface area contributed by atoms with Crippen LogP contribution in [0.2, 0.25) is 0 Å². The smallest absolute Gasteiger partial charge is 0.300 e. The Morgan fingerprint density at radius 3 is 2.32 bits per heavy atom. The number of halogens is 2. The maximum absolute atomic E-state index is 14.7. The molecule has 1 heterocycles. The highest BCUT2D eigenvalue weighted by Crippen LogP contribution is 2.43. The molecular formula is C27H23F2NO4. The fourth-order valence-corrected chi connectivity index (χ4v) is 4.03. The van der Waals surface area contributed by atoms with Crippen molar-refractivity contribution in [2.45, 2.75) is 32.9 Å². The second-order valence-electron chi connectivity index (χ2n) is 8.37. The molecule has 0 saturated carbocycles. The molecule has 0 bridgehead atoms. The molecule has 0 spiro atoms. The summed E-state index contributed by atoms with van der Waals surface area (Å²) in [7, 11) is 0. The Bertz CT molecular complexity index is 1300. The zero-order valence-corrected chi connectivity index (χ0v) is 18.9. The lowest BCUT2D eigenvalue weighted by molar-refractivity contribution is -0.132. The van der Waals surface area contributed by atoms with Gasteiger partial charge in [-0.05, 0) is 62.7 Å². The highest BCUT2D eigenvalue weighted by molar-refractivity contribution is 6.51. The van der Waals surface area contributed by atoms with E-state index in [2.05, 4.69) is 0 Å². The van der Waals surface area contributed by atoms with Gasteiger partial charge in [-0.25, -0.2) is 8.78 Å². The molecular weight excluding hydrogens is 440 g/mol. The summed E-state index contributed by atoms with van der Waals surface area (Å²) in [6.07, 6.45) is -0.0447. The highest BCUT2D eigenvalue weighted by Gasteiger charge is 2.47. The number of anilines is 1. The molecule has 1 saturated heterocycles. The van der Waals surface area contributed by atoms with Crippen LogP contribution in [0.4, 0.5) is 14.5 Å². The third-order valence-corrected chi connectivity index (χ3v) is 5.47. The van der Waals surface area contributed by atoms with Crippen LogP contribution in [0.5, 0.6) is 5.75 Å². The topological polar surface area (TPSA) is 66.8 Å². The predicted octanol–water partition coefficient (Wildman–Crippen LogP) is 5.69.